The van der Waals surface area contributed by atoms with Crippen molar-refractivity contribution in [2.45, 2.75) is 62.2 Å². The number of carbonyl (C=O) groups excluding carboxylic acids is 1. The van der Waals surface area contributed by atoms with Crippen LogP contribution in [0.25, 0.3) is 20.5 Å². The molecule has 4 aromatic rings. The van der Waals surface area contributed by atoms with E-state index in [-0.39, 0.29) is 27.1 Å². The molecule has 0 radical (unpaired) electrons. The number of nitrogens with zero attached hydrogens (tertiary/aromatic N) is 1. The molecular weight excluding hydrogens is 627 g/mol. The van der Waals surface area contributed by atoms with Crippen LogP contribution in [0.1, 0.15) is 68.3 Å². The third kappa shape index (κ3) is 7.85. The van der Waals surface area contributed by atoms with E-state index < -0.39 is 19.7 Å². The SMILES string of the molecule is CCCCS(=O)(=O)c1ccc(-c2sc3cc(S(=O)(=O)CCCC)ccc3c2C(=O)c2ccc(OCCN3CCCC3)cc2)cc1. The molecule has 5 rings (SSSR count). The van der Waals surface area contributed by atoms with Crippen LogP contribution in [-0.4, -0.2) is 65.3 Å². The van der Waals surface area contributed by atoms with Gasteiger partial charge in [0.05, 0.1) is 21.3 Å². The van der Waals surface area contributed by atoms with Crippen molar-refractivity contribution in [1.29, 1.82) is 0 Å². The number of likely N-dealkylation sites (tertiary alicyclic amines) is 1. The van der Waals surface area contributed by atoms with Gasteiger partial charge in [-0.15, -0.1) is 11.3 Å². The van der Waals surface area contributed by atoms with Gasteiger partial charge in [0.25, 0.3) is 0 Å². The minimum absolute atomic E-state index is 0.0689. The van der Waals surface area contributed by atoms with E-state index >= 15 is 0 Å². The Balaban J connectivity index is 1.49. The van der Waals surface area contributed by atoms with Crippen LogP contribution in [0.5, 0.6) is 5.75 Å². The Morgan fingerprint density at radius 1 is 0.800 bits per heavy atom. The van der Waals surface area contributed by atoms with Crippen molar-refractivity contribution in [3.63, 3.8) is 0 Å². The third-order valence-corrected chi connectivity index (χ3v) is 13.1. The number of thiophene rings is 1. The second-order valence-corrected chi connectivity index (χ2v) is 16.9. The van der Waals surface area contributed by atoms with Crippen LogP contribution in [0.3, 0.4) is 0 Å². The first-order valence-electron chi connectivity index (χ1n) is 15.8. The summed E-state index contributed by atoms with van der Waals surface area (Å²) in [5.41, 5.74) is 1.66. The van der Waals surface area contributed by atoms with E-state index in [0.29, 0.717) is 56.9 Å². The van der Waals surface area contributed by atoms with Crippen LogP contribution >= 0.6 is 11.3 Å². The average Bonchev–Trinajstić information content (AvgIpc) is 3.71. The van der Waals surface area contributed by atoms with Crippen molar-refractivity contribution in [2.24, 2.45) is 0 Å². The van der Waals surface area contributed by atoms with Crippen molar-refractivity contribution >= 4 is 46.9 Å². The summed E-state index contributed by atoms with van der Waals surface area (Å²) in [4.78, 5) is 17.7. The molecule has 1 aliphatic rings. The van der Waals surface area contributed by atoms with E-state index in [9.17, 15) is 21.6 Å². The summed E-state index contributed by atoms with van der Waals surface area (Å²) < 4.78 is 58.2. The number of rotatable bonds is 15. The molecule has 10 heteroatoms. The number of hydrogen-bond donors (Lipinski definition) is 0. The van der Waals surface area contributed by atoms with E-state index in [4.69, 9.17) is 4.74 Å². The lowest BCUT2D eigenvalue weighted by atomic mass is 9.97. The predicted octanol–water partition coefficient (Wildman–Crippen LogP) is 7.42. The van der Waals surface area contributed by atoms with Gasteiger partial charge in [0.2, 0.25) is 0 Å². The molecule has 240 valence electrons. The Kier molecular flexibility index (Phi) is 10.8. The van der Waals surface area contributed by atoms with E-state index in [1.54, 1.807) is 66.7 Å². The fourth-order valence-corrected chi connectivity index (χ4v) is 9.81. The molecule has 1 aromatic heterocycles. The Morgan fingerprint density at radius 2 is 1.40 bits per heavy atom. The lowest BCUT2D eigenvalue weighted by Crippen LogP contribution is -2.25. The maximum Gasteiger partial charge on any atom is 0.195 e. The molecule has 0 saturated carbocycles. The molecule has 0 bridgehead atoms. The van der Waals surface area contributed by atoms with Crippen LogP contribution in [0.2, 0.25) is 0 Å². The topological polar surface area (TPSA) is 97.8 Å². The van der Waals surface area contributed by atoms with Crippen LogP contribution < -0.4 is 4.74 Å². The zero-order valence-electron chi connectivity index (χ0n) is 26.0. The van der Waals surface area contributed by atoms with Crippen molar-refractivity contribution in [1.82, 2.24) is 4.90 Å². The normalized spacial score (nSPS) is 14.3. The fourth-order valence-electron chi connectivity index (χ4n) is 5.56. The quantitative estimate of drug-likeness (QED) is 0.122. The van der Waals surface area contributed by atoms with Gasteiger partial charge >= 0.3 is 0 Å². The smallest absolute Gasteiger partial charge is 0.195 e. The number of hydrogen-bond acceptors (Lipinski definition) is 8. The lowest BCUT2D eigenvalue weighted by Gasteiger charge is -2.15. The van der Waals surface area contributed by atoms with E-state index in [2.05, 4.69) is 4.90 Å². The summed E-state index contributed by atoms with van der Waals surface area (Å²) in [6, 6.07) is 18.7. The van der Waals surface area contributed by atoms with Gasteiger partial charge in [0.15, 0.2) is 25.5 Å². The zero-order chi connectivity index (χ0) is 32.0. The molecule has 0 unspecified atom stereocenters. The van der Waals surface area contributed by atoms with Gasteiger partial charge in [-0.2, -0.15) is 0 Å². The molecule has 1 fully saturated rings. The summed E-state index contributed by atoms with van der Waals surface area (Å²) in [7, 11) is -6.87. The molecule has 0 amide bonds. The highest BCUT2D eigenvalue weighted by molar-refractivity contribution is 7.91. The second-order valence-electron chi connectivity index (χ2n) is 11.6. The number of ether oxygens (including phenoxy) is 1. The molecule has 0 N–H and O–H groups in total. The summed E-state index contributed by atoms with van der Waals surface area (Å²) >= 11 is 1.34. The van der Waals surface area contributed by atoms with Crippen molar-refractivity contribution in [3.8, 4) is 16.2 Å². The Bertz CT molecular complexity index is 1840. The highest BCUT2D eigenvalue weighted by atomic mass is 32.2. The first-order chi connectivity index (χ1) is 21.6. The molecule has 0 aliphatic carbocycles. The van der Waals surface area contributed by atoms with Gasteiger partial charge < -0.3 is 4.74 Å². The maximum absolute atomic E-state index is 14.1. The summed E-state index contributed by atoms with van der Waals surface area (Å²) in [5.74, 6) is 0.659. The standard InChI is InChI=1S/C35H41NO6S3/c1-3-5-23-44(38,39)29-15-11-27(12-16-29)35-33(31-18-17-30(25-32(31)43-35)45(40,41)24-6-4-2)34(37)26-9-13-28(14-10-26)42-22-21-36-19-7-8-20-36/h9-18,25H,3-8,19-24H2,1-2H3. The maximum atomic E-state index is 14.1. The molecule has 0 spiro atoms. The lowest BCUT2D eigenvalue weighted by molar-refractivity contribution is 0.104. The first-order valence-corrected chi connectivity index (χ1v) is 19.9. The van der Waals surface area contributed by atoms with Crippen molar-refractivity contribution < 1.29 is 26.4 Å². The highest BCUT2D eigenvalue weighted by Gasteiger charge is 2.24. The van der Waals surface area contributed by atoms with Crippen LogP contribution in [-0.2, 0) is 19.7 Å². The number of benzene rings is 3. The van der Waals surface area contributed by atoms with Gasteiger partial charge in [-0.25, -0.2) is 16.8 Å². The van der Waals surface area contributed by atoms with Gasteiger partial charge in [0.1, 0.15) is 12.4 Å². The number of ketones is 1. The van der Waals surface area contributed by atoms with E-state index in [0.717, 1.165) is 32.5 Å². The average molecular weight is 668 g/mol. The number of unbranched alkanes of at least 4 members (excludes halogenated alkanes) is 2. The Labute approximate surface area is 271 Å². The summed E-state index contributed by atoms with van der Waals surface area (Å²) in [6.45, 7) is 7.58. The molecule has 45 heavy (non-hydrogen) atoms. The Hall–Kier alpha value is -3.05. The number of sulfone groups is 2. The molecular formula is C35H41NO6S3. The summed E-state index contributed by atoms with van der Waals surface area (Å²) in [5, 5.41) is 0.667. The second kappa shape index (κ2) is 14.6. The van der Waals surface area contributed by atoms with Gasteiger partial charge in [0, 0.05) is 32.6 Å². The zero-order valence-corrected chi connectivity index (χ0v) is 28.4. The fraction of sp³-hybridized carbons (Fsp3) is 0.400. The Morgan fingerprint density at radius 3 is 2.02 bits per heavy atom. The van der Waals surface area contributed by atoms with Crippen LogP contribution in [0.15, 0.2) is 76.5 Å². The van der Waals surface area contributed by atoms with E-state index in [1.165, 1.54) is 24.2 Å². The largest absolute Gasteiger partial charge is 0.492 e. The number of fused-ring (bicyclic) bond motifs is 1. The predicted molar refractivity (Wildman–Crippen MR) is 182 cm³/mol. The van der Waals surface area contributed by atoms with Crippen molar-refractivity contribution in [2.75, 3.05) is 37.7 Å². The minimum atomic E-state index is -3.46. The van der Waals surface area contributed by atoms with Gasteiger partial charge in [-0.05, 0) is 92.9 Å². The molecule has 2 heterocycles. The molecule has 1 saturated heterocycles. The molecule has 7 nitrogen and oxygen atoms in total. The van der Waals surface area contributed by atoms with Gasteiger partial charge in [-0.1, -0.05) is 44.9 Å². The highest BCUT2D eigenvalue weighted by Crippen LogP contribution is 2.41. The summed E-state index contributed by atoms with van der Waals surface area (Å²) in [6.07, 6.45) is 5.18. The van der Waals surface area contributed by atoms with E-state index in [1.807, 2.05) is 13.8 Å². The van der Waals surface area contributed by atoms with Crippen LogP contribution in [0, 0.1) is 0 Å². The first kappa shape index (κ1) is 33.3. The monoisotopic (exact) mass is 667 g/mol. The molecule has 1 aliphatic heterocycles. The van der Waals surface area contributed by atoms with Crippen LogP contribution in [0.4, 0.5) is 0 Å². The molecule has 0 atom stereocenters. The van der Waals surface area contributed by atoms with Gasteiger partial charge in [-0.3, -0.25) is 9.69 Å². The number of carbonyl (C=O) groups is 1. The van der Waals surface area contributed by atoms with Crippen molar-refractivity contribution in [3.05, 3.63) is 77.9 Å². The molecule has 3 aromatic carbocycles. The minimum Gasteiger partial charge on any atom is -0.492 e. The third-order valence-electron chi connectivity index (χ3n) is 8.25.